The molecule has 1 aromatic heterocycles. The number of benzene rings is 1. The summed E-state index contributed by atoms with van der Waals surface area (Å²) in [7, 11) is 1.30. The normalized spacial score (nSPS) is 11.0. The van der Waals surface area contributed by atoms with E-state index in [1.54, 1.807) is 18.2 Å². The topological polar surface area (TPSA) is 83.2 Å². The summed E-state index contributed by atoms with van der Waals surface area (Å²) in [4.78, 5) is 27.0. The van der Waals surface area contributed by atoms with Crippen molar-refractivity contribution in [2.75, 3.05) is 17.7 Å². The van der Waals surface area contributed by atoms with Gasteiger partial charge in [-0.15, -0.1) is 0 Å². The maximum absolute atomic E-state index is 12.1. The fraction of sp³-hybridized carbons (Fsp3) is 0.294. The molecular formula is C17H21N3O3. The molecule has 6 heteroatoms. The molecule has 0 spiro atoms. The van der Waals surface area contributed by atoms with Crippen molar-refractivity contribution in [1.82, 2.24) is 4.98 Å². The molecule has 0 aliphatic heterocycles. The first-order valence-corrected chi connectivity index (χ1v) is 7.26. The molecule has 0 fully saturated rings. The average Bonchev–Trinajstić information content (AvgIpc) is 2.91. The van der Waals surface area contributed by atoms with Crippen molar-refractivity contribution in [3.8, 4) is 0 Å². The van der Waals surface area contributed by atoms with Gasteiger partial charge in [-0.3, -0.25) is 0 Å². The third kappa shape index (κ3) is 4.12. The number of nitrogens with one attached hydrogen (secondary N) is 3. The van der Waals surface area contributed by atoms with Crippen LogP contribution in [0.5, 0.6) is 0 Å². The lowest BCUT2D eigenvalue weighted by molar-refractivity contribution is 0.0595. The fourth-order valence-electron chi connectivity index (χ4n) is 2.03. The van der Waals surface area contributed by atoms with E-state index in [1.807, 2.05) is 39.0 Å². The van der Waals surface area contributed by atoms with Crippen LogP contribution in [0.3, 0.4) is 0 Å². The monoisotopic (exact) mass is 315 g/mol. The Morgan fingerprint density at radius 2 is 1.74 bits per heavy atom. The van der Waals surface area contributed by atoms with Gasteiger partial charge in [-0.2, -0.15) is 0 Å². The summed E-state index contributed by atoms with van der Waals surface area (Å²) in [6.45, 7) is 6.02. The Bertz CT molecular complexity index is 700. The number of amides is 2. The number of hydrogen-bond donors (Lipinski definition) is 3. The zero-order valence-electron chi connectivity index (χ0n) is 13.7. The summed E-state index contributed by atoms with van der Waals surface area (Å²) in [5, 5.41) is 5.39. The molecular weight excluding hydrogens is 294 g/mol. The minimum absolute atomic E-state index is 0.196. The molecule has 122 valence electrons. The molecule has 2 amide bonds. The third-order valence-corrected chi connectivity index (χ3v) is 3.30. The number of carbonyl (C=O) groups is 2. The van der Waals surface area contributed by atoms with E-state index in [9.17, 15) is 9.59 Å². The van der Waals surface area contributed by atoms with Crippen LogP contribution in [-0.2, 0) is 10.2 Å². The van der Waals surface area contributed by atoms with Gasteiger partial charge < -0.3 is 20.4 Å². The molecule has 0 unspecified atom stereocenters. The van der Waals surface area contributed by atoms with E-state index < -0.39 is 12.0 Å². The van der Waals surface area contributed by atoms with Gasteiger partial charge in [0, 0.05) is 16.8 Å². The van der Waals surface area contributed by atoms with Gasteiger partial charge in [-0.05, 0) is 18.2 Å². The highest BCUT2D eigenvalue weighted by atomic mass is 16.5. The standard InChI is InChI=1S/C17H21N3O3/c1-17(2,3)13-10-12(14(20-13)15(21)23-4)19-16(22)18-11-8-6-5-7-9-11/h5-10,20H,1-4H3,(H2,18,19,22). The molecule has 1 heterocycles. The second kappa shape index (κ2) is 6.56. The van der Waals surface area contributed by atoms with Crippen LogP contribution < -0.4 is 10.6 Å². The summed E-state index contributed by atoms with van der Waals surface area (Å²) in [6, 6.07) is 10.4. The van der Waals surface area contributed by atoms with Crippen LogP contribution in [0.1, 0.15) is 37.0 Å². The maximum Gasteiger partial charge on any atom is 0.356 e. The van der Waals surface area contributed by atoms with E-state index in [1.165, 1.54) is 7.11 Å². The first-order valence-electron chi connectivity index (χ1n) is 7.26. The Morgan fingerprint density at radius 1 is 1.09 bits per heavy atom. The van der Waals surface area contributed by atoms with E-state index in [-0.39, 0.29) is 11.1 Å². The number of rotatable bonds is 3. The Morgan fingerprint density at radius 3 is 2.30 bits per heavy atom. The molecule has 0 saturated heterocycles. The van der Waals surface area contributed by atoms with E-state index >= 15 is 0 Å². The second-order valence-corrected chi connectivity index (χ2v) is 6.16. The molecule has 0 aliphatic rings. The molecule has 23 heavy (non-hydrogen) atoms. The van der Waals surface area contributed by atoms with Crippen molar-refractivity contribution in [3.63, 3.8) is 0 Å². The third-order valence-electron chi connectivity index (χ3n) is 3.30. The number of anilines is 2. The molecule has 0 radical (unpaired) electrons. The molecule has 3 N–H and O–H groups in total. The van der Waals surface area contributed by atoms with Crippen LogP contribution in [-0.4, -0.2) is 24.1 Å². The lowest BCUT2D eigenvalue weighted by Crippen LogP contribution is -2.20. The fourth-order valence-corrected chi connectivity index (χ4v) is 2.03. The van der Waals surface area contributed by atoms with Gasteiger partial charge in [0.25, 0.3) is 0 Å². The van der Waals surface area contributed by atoms with Gasteiger partial charge in [-0.25, -0.2) is 9.59 Å². The number of H-pyrrole nitrogens is 1. The molecule has 0 saturated carbocycles. The average molecular weight is 315 g/mol. The van der Waals surface area contributed by atoms with Crippen LogP contribution in [0.15, 0.2) is 36.4 Å². The highest BCUT2D eigenvalue weighted by Crippen LogP contribution is 2.27. The number of hydrogen-bond acceptors (Lipinski definition) is 3. The Balaban J connectivity index is 2.22. The minimum atomic E-state index is -0.532. The highest BCUT2D eigenvalue weighted by Gasteiger charge is 2.23. The zero-order valence-corrected chi connectivity index (χ0v) is 13.7. The zero-order chi connectivity index (χ0) is 17.0. The molecule has 0 atom stereocenters. The van der Waals surface area contributed by atoms with E-state index in [0.717, 1.165) is 5.69 Å². The van der Waals surface area contributed by atoms with Crippen LogP contribution in [0.25, 0.3) is 0 Å². The maximum atomic E-state index is 12.1. The van der Waals surface area contributed by atoms with Crippen LogP contribution in [0, 0.1) is 0 Å². The summed E-state index contributed by atoms with van der Waals surface area (Å²) >= 11 is 0. The second-order valence-electron chi connectivity index (χ2n) is 6.16. The molecule has 2 rings (SSSR count). The number of esters is 1. The largest absolute Gasteiger partial charge is 0.464 e. The number of ether oxygens (including phenoxy) is 1. The number of methoxy groups -OCH3 is 1. The lowest BCUT2D eigenvalue weighted by atomic mass is 9.92. The van der Waals surface area contributed by atoms with Crippen molar-refractivity contribution < 1.29 is 14.3 Å². The lowest BCUT2D eigenvalue weighted by Gasteiger charge is -2.15. The van der Waals surface area contributed by atoms with Gasteiger partial charge in [0.15, 0.2) is 0 Å². The first kappa shape index (κ1) is 16.6. The van der Waals surface area contributed by atoms with E-state index in [4.69, 9.17) is 4.74 Å². The van der Waals surface area contributed by atoms with Crippen molar-refractivity contribution in [1.29, 1.82) is 0 Å². The molecule has 0 bridgehead atoms. The molecule has 6 nitrogen and oxygen atoms in total. The van der Waals surface area contributed by atoms with Crippen molar-refractivity contribution in [2.24, 2.45) is 0 Å². The highest BCUT2D eigenvalue weighted by molar-refractivity contribution is 6.04. The van der Waals surface area contributed by atoms with Gasteiger partial charge in [0.2, 0.25) is 0 Å². The number of para-hydroxylation sites is 1. The van der Waals surface area contributed by atoms with E-state index in [2.05, 4.69) is 15.6 Å². The molecule has 0 aliphatic carbocycles. The number of urea groups is 1. The van der Waals surface area contributed by atoms with Crippen LogP contribution in [0.2, 0.25) is 0 Å². The predicted octanol–water partition coefficient (Wildman–Crippen LogP) is 3.74. The van der Waals surface area contributed by atoms with Gasteiger partial charge in [0.05, 0.1) is 12.8 Å². The SMILES string of the molecule is COC(=O)c1[nH]c(C(C)(C)C)cc1NC(=O)Nc1ccccc1. The van der Waals surface area contributed by atoms with E-state index in [0.29, 0.717) is 11.4 Å². The predicted molar refractivity (Wildman–Crippen MR) is 89.9 cm³/mol. The van der Waals surface area contributed by atoms with Crippen molar-refractivity contribution in [3.05, 3.63) is 47.8 Å². The quantitative estimate of drug-likeness (QED) is 0.754. The summed E-state index contributed by atoms with van der Waals surface area (Å²) in [6.07, 6.45) is 0. The number of aromatic nitrogens is 1. The Kier molecular flexibility index (Phi) is 4.74. The summed E-state index contributed by atoms with van der Waals surface area (Å²) < 4.78 is 4.76. The van der Waals surface area contributed by atoms with Gasteiger partial charge >= 0.3 is 12.0 Å². The van der Waals surface area contributed by atoms with Gasteiger partial charge in [0.1, 0.15) is 5.69 Å². The van der Waals surface area contributed by atoms with Gasteiger partial charge in [-0.1, -0.05) is 39.0 Å². The van der Waals surface area contributed by atoms with Crippen LogP contribution in [0.4, 0.5) is 16.2 Å². The summed E-state index contributed by atoms with van der Waals surface area (Å²) in [5.74, 6) is -0.532. The number of carbonyl (C=O) groups excluding carboxylic acids is 2. The van der Waals surface area contributed by atoms with Crippen LogP contribution >= 0.6 is 0 Å². The van der Waals surface area contributed by atoms with Crippen molar-refractivity contribution >= 4 is 23.4 Å². The smallest absolute Gasteiger partial charge is 0.356 e. The summed E-state index contributed by atoms with van der Waals surface area (Å²) in [5.41, 5.74) is 1.90. The Hall–Kier alpha value is -2.76. The molecule has 2 aromatic rings. The molecule has 1 aromatic carbocycles. The number of aromatic amines is 1. The first-order chi connectivity index (χ1) is 10.8. The Labute approximate surface area is 135 Å². The minimum Gasteiger partial charge on any atom is -0.464 e. The van der Waals surface area contributed by atoms with Crippen molar-refractivity contribution in [2.45, 2.75) is 26.2 Å².